The Kier molecular flexibility index (Phi) is 4.53. The fourth-order valence-electron chi connectivity index (χ4n) is 1.88. The van der Waals surface area contributed by atoms with Gasteiger partial charge < -0.3 is 10.1 Å². The van der Waals surface area contributed by atoms with Gasteiger partial charge in [0.2, 0.25) is 0 Å². The SMILES string of the molecule is CNC(=O)N(S)c1cc(-c2ccccc2)ccc1OC. The second kappa shape index (κ2) is 6.34. The Labute approximate surface area is 123 Å². The van der Waals surface area contributed by atoms with E-state index in [0.29, 0.717) is 11.4 Å². The highest BCUT2D eigenvalue weighted by Gasteiger charge is 2.16. The number of methoxy groups -OCH3 is 1. The molecule has 0 aliphatic carbocycles. The van der Waals surface area contributed by atoms with Gasteiger partial charge in [-0.05, 0) is 23.3 Å². The molecule has 0 aromatic heterocycles. The fraction of sp³-hybridized carbons (Fsp3) is 0.133. The maximum atomic E-state index is 11.7. The van der Waals surface area contributed by atoms with Crippen molar-refractivity contribution in [3.8, 4) is 16.9 Å². The number of carbonyl (C=O) groups excluding carboxylic acids is 1. The first-order valence-electron chi connectivity index (χ1n) is 6.11. The van der Waals surface area contributed by atoms with Crippen molar-refractivity contribution >= 4 is 24.5 Å². The van der Waals surface area contributed by atoms with Gasteiger partial charge in [0.15, 0.2) is 0 Å². The van der Waals surface area contributed by atoms with Crippen LogP contribution in [0.15, 0.2) is 48.5 Å². The van der Waals surface area contributed by atoms with Gasteiger partial charge >= 0.3 is 6.03 Å². The average molecular weight is 288 g/mol. The third kappa shape index (κ3) is 2.88. The van der Waals surface area contributed by atoms with Crippen molar-refractivity contribution < 1.29 is 9.53 Å². The Morgan fingerprint density at radius 3 is 2.45 bits per heavy atom. The predicted molar refractivity (Wildman–Crippen MR) is 84.4 cm³/mol. The van der Waals surface area contributed by atoms with Crippen LogP contribution in [-0.4, -0.2) is 20.2 Å². The third-order valence-electron chi connectivity index (χ3n) is 2.92. The average Bonchev–Trinajstić information content (AvgIpc) is 2.53. The molecule has 0 bridgehead atoms. The second-order valence-corrected chi connectivity index (χ2v) is 4.52. The first-order valence-corrected chi connectivity index (χ1v) is 6.51. The standard InChI is InChI=1S/C15H16N2O2S/c1-16-15(18)17(20)13-10-12(8-9-14(13)19-2)11-6-4-3-5-7-11/h3-10,20H,1-2H3,(H,16,18). The number of nitrogens with zero attached hydrogens (tertiary/aromatic N) is 1. The summed E-state index contributed by atoms with van der Waals surface area (Å²) in [6.07, 6.45) is 0. The summed E-state index contributed by atoms with van der Waals surface area (Å²) >= 11 is 4.22. The molecule has 4 nitrogen and oxygen atoms in total. The van der Waals surface area contributed by atoms with Crippen LogP contribution in [0.3, 0.4) is 0 Å². The van der Waals surface area contributed by atoms with Crippen LogP contribution in [0.25, 0.3) is 11.1 Å². The number of carbonyl (C=O) groups is 1. The van der Waals surface area contributed by atoms with E-state index in [-0.39, 0.29) is 6.03 Å². The molecule has 0 heterocycles. The van der Waals surface area contributed by atoms with Gasteiger partial charge in [0.1, 0.15) is 5.75 Å². The van der Waals surface area contributed by atoms with Gasteiger partial charge in [-0.3, -0.25) is 0 Å². The van der Waals surface area contributed by atoms with Gasteiger partial charge in [0, 0.05) is 7.05 Å². The number of amides is 2. The molecular weight excluding hydrogens is 272 g/mol. The van der Waals surface area contributed by atoms with Crippen LogP contribution in [0.2, 0.25) is 0 Å². The Morgan fingerprint density at radius 1 is 1.15 bits per heavy atom. The topological polar surface area (TPSA) is 41.6 Å². The normalized spacial score (nSPS) is 9.95. The van der Waals surface area contributed by atoms with Crippen molar-refractivity contribution in [3.63, 3.8) is 0 Å². The molecule has 2 aromatic rings. The lowest BCUT2D eigenvalue weighted by Gasteiger charge is -2.19. The number of nitrogens with one attached hydrogen (secondary N) is 1. The Morgan fingerprint density at radius 2 is 1.85 bits per heavy atom. The van der Waals surface area contributed by atoms with Gasteiger partial charge in [0.25, 0.3) is 0 Å². The van der Waals surface area contributed by atoms with Gasteiger partial charge in [-0.1, -0.05) is 49.2 Å². The van der Waals surface area contributed by atoms with Crippen LogP contribution in [-0.2, 0) is 0 Å². The number of urea groups is 1. The number of thiol groups is 1. The molecule has 0 spiro atoms. The number of ether oxygens (including phenoxy) is 1. The Hall–Kier alpha value is -2.14. The highest BCUT2D eigenvalue weighted by atomic mass is 32.1. The van der Waals surface area contributed by atoms with E-state index in [2.05, 4.69) is 18.1 Å². The number of benzene rings is 2. The molecule has 0 saturated heterocycles. The molecule has 5 heteroatoms. The molecule has 0 fully saturated rings. The molecule has 0 unspecified atom stereocenters. The quantitative estimate of drug-likeness (QED) is 0.850. The molecule has 104 valence electrons. The molecular formula is C15H16N2O2S. The lowest BCUT2D eigenvalue weighted by molar-refractivity contribution is 0.251. The van der Waals surface area contributed by atoms with E-state index in [1.807, 2.05) is 48.5 Å². The maximum Gasteiger partial charge on any atom is 0.331 e. The summed E-state index contributed by atoms with van der Waals surface area (Å²) in [6.45, 7) is 0. The first-order chi connectivity index (χ1) is 9.67. The summed E-state index contributed by atoms with van der Waals surface area (Å²) in [5, 5.41) is 2.53. The Bertz CT molecular complexity index is 602. The molecule has 2 rings (SSSR count). The molecule has 2 aromatic carbocycles. The van der Waals surface area contributed by atoms with Crippen LogP contribution in [0.4, 0.5) is 10.5 Å². The first kappa shape index (κ1) is 14.3. The van der Waals surface area contributed by atoms with Crippen molar-refractivity contribution in [1.82, 2.24) is 5.32 Å². The van der Waals surface area contributed by atoms with Crippen molar-refractivity contribution in [2.45, 2.75) is 0 Å². The molecule has 20 heavy (non-hydrogen) atoms. The summed E-state index contributed by atoms with van der Waals surface area (Å²) in [6, 6.07) is 15.2. The second-order valence-electron chi connectivity index (χ2n) is 4.12. The van der Waals surface area contributed by atoms with Gasteiger partial charge in [0.05, 0.1) is 12.8 Å². The molecule has 0 aliphatic heterocycles. The van der Waals surface area contributed by atoms with Crippen LogP contribution < -0.4 is 14.4 Å². The monoisotopic (exact) mass is 288 g/mol. The van der Waals surface area contributed by atoms with Crippen LogP contribution in [0, 0.1) is 0 Å². The van der Waals surface area contributed by atoms with E-state index < -0.39 is 0 Å². The summed E-state index contributed by atoms with van der Waals surface area (Å²) in [7, 11) is 3.12. The largest absolute Gasteiger partial charge is 0.495 e. The minimum Gasteiger partial charge on any atom is -0.495 e. The zero-order valence-electron chi connectivity index (χ0n) is 11.3. The third-order valence-corrected chi connectivity index (χ3v) is 3.32. The highest BCUT2D eigenvalue weighted by Crippen LogP contribution is 2.34. The maximum absolute atomic E-state index is 11.7. The number of hydrogen-bond acceptors (Lipinski definition) is 3. The van der Waals surface area contributed by atoms with Crippen molar-refractivity contribution in [2.24, 2.45) is 0 Å². The minimum atomic E-state index is -0.322. The zero-order chi connectivity index (χ0) is 14.5. The lowest BCUT2D eigenvalue weighted by atomic mass is 10.0. The molecule has 0 saturated carbocycles. The molecule has 2 amide bonds. The van der Waals surface area contributed by atoms with E-state index in [9.17, 15) is 4.79 Å². The molecule has 0 aliphatic rings. The molecule has 1 N–H and O–H groups in total. The zero-order valence-corrected chi connectivity index (χ0v) is 12.2. The summed E-state index contributed by atoms with van der Waals surface area (Å²) < 4.78 is 6.51. The minimum absolute atomic E-state index is 0.322. The van der Waals surface area contributed by atoms with Crippen LogP contribution in [0.5, 0.6) is 5.75 Å². The fourth-order valence-corrected chi connectivity index (χ4v) is 2.14. The van der Waals surface area contributed by atoms with Crippen LogP contribution in [0.1, 0.15) is 0 Å². The smallest absolute Gasteiger partial charge is 0.331 e. The van der Waals surface area contributed by atoms with E-state index in [4.69, 9.17) is 4.74 Å². The molecule has 0 radical (unpaired) electrons. The number of rotatable bonds is 3. The van der Waals surface area contributed by atoms with Gasteiger partial charge in [-0.2, -0.15) is 0 Å². The van der Waals surface area contributed by atoms with E-state index in [1.54, 1.807) is 14.2 Å². The van der Waals surface area contributed by atoms with Crippen molar-refractivity contribution in [3.05, 3.63) is 48.5 Å². The summed E-state index contributed by atoms with van der Waals surface area (Å²) in [4.78, 5) is 11.7. The highest BCUT2D eigenvalue weighted by molar-refractivity contribution is 7.82. The number of anilines is 1. The van der Waals surface area contributed by atoms with Crippen molar-refractivity contribution in [2.75, 3.05) is 18.5 Å². The lowest BCUT2D eigenvalue weighted by Crippen LogP contribution is -2.31. The summed E-state index contributed by atoms with van der Waals surface area (Å²) in [5.41, 5.74) is 2.65. The van der Waals surface area contributed by atoms with E-state index >= 15 is 0 Å². The van der Waals surface area contributed by atoms with Crippen molar-refractivity contribution in [1.29, 1.82) is 0 Å². The number of hydrogen-bond donors (Lipinski definition) is 2. The summed E-state index contributed by atoms with van der Waals surface area (Å²) in [5.74, 6) is 0.586. The van der Waals surface area contributed by atoms with Gasteiger partial charge in [-0.25, -0.2) is 9.10 Å². The van der Waals surface area contributed by atoms with E-state index in [1.165, 1.54) is 4.31 Å². The van der Waals surface area contributed by atoms with E-state index in [0.717, 1.165) is 11.1 Å². The predicted octanol–water partition coefficient (Wildman–Crippen LogP) is 3.35. The Balaban J connectivity index is 2.47. The van der Waals surface area contributed by atoms with Gasteiger partial charge in [-0.15, -0.1) is 0 Å². The van der Waals surface area contributed by atoms with Crippen LogP contribution >= 0.6 is 12.8 Å². The molecule has 0 atom stereocenters.